The molecule has 1 fully saturated rings. The van der Waals surface area contributed by atoms with E-state index in [1.165, 1.54) is 0 Å². The molecule has 0 N–H and O–H groups in total. The Bertz CT molecular complexity index is 1390. The van der Waals surface area contributed by atoms with Crippen LogP contribution in [0.25, 0.3) is 11.1 Å². The average molecular weight is 599 g/mol. The van der Waals surface area contributed by atoms with Crippen LogP contribution in [0, 0.1) is 0 Å². The summed E-state index contributed by atoms with van der Waals surface area (Å²) in [4.78, 5) is 35.0. The molecule has 0 saturated carbocycles. The van der Waals surface area contributed by atoms with Gasteiger partial charge in [0.05, 0.1) is 25.4 Å². The Hall–Kier alpha value is -4.85. The summed E-state index contributed by atoms with van der Waals surface area (Å²) >= 11 is 0. The first kappa shape index (κ1) is 32.1. The minimum Gasteiger partial charge on any atom is -0.494 e. The second kappa shape index (κ2) is 16.7. The molecule has 230 valence electrons. The number of unbranched alkanes of at least 4 members (excludes halogenated alkanes) is 3. The van der Waals surface area contributed by atoms with Crippen LogP contribution in [0.3, 0.4) is 0 Å². The van der Waals surface area contributed by atoms with E-state index in [0.29, 0.717) is 48.9 Å². The highest BCUT2D eigenvalue weighted by molar-refractivity contribution is 5.91. The van der Waals surface area contributed by atoms with Gasteiger partial charge < -0.3 is 23.7 Å². The van der Waals surface area contributed by atoms with E-state index in [4.69, 9.17) is 23.7 Å². The second-order valence-electron chi connectivity index (χ2n) is 10.4. The lowest BCUT2D eigenvalue weighted by Gasteiger charge is -2.10. The highest BCUT2D eigenvalue weighted by Crippen LogP contribution is 2.26. The van der Waals surface area contributed by atoms with Gasteiger partial charge in [-0.25, -0.2) is 14.4 Å². The topological polar surface area (TPSA) is 97.4 Å². The maximum absolute atomic E-state index is 12.6. The van der Waals surface area contributed by atoms with Gasteiger partial charge in [-0.15, -0.1) is 0 Å². The van der Waals surface area contributed by atoms with Crippen molar-refractivity contribution in [2.75, 3.05) is 19.8 Å². The van der Waals surface area contributed by atoms with Crippen molar-refractivity contribution < 1.29 is 38.1 Å². The van der Waals surface area contributed by atoms with E-state index in [-0.39, 0.29) is 12.1 Å². The molecule has 1 unspecified atom stereocenters. The van der Waals surface area contributed by atoms with E-state index >= 15 is 0 Å². The van der Waals surface area contributed by atoms with Crippen LogP contribution in [0.4, 0.5) is 0 Å². The quantitative estimate of drug-likeness (QED) is 0.0693. The van der Waals surface area contributed by atoms with Crippen molar-refractivity contribution in [3.8, 4) is 28.4 Å². The van der Waals surface area contributed by atoms with Gasteiger partial charge in [-0.05, 0) is 98.2 Å². The maximum atomic E-state index is 12.6. The third kappa shape index (κ3) is 10.2. The van der Waals surface area contributed by atoms with Crippen LogP contribution in [0.1, 0.15) is 55.3 Å². The molecule has 3 aromatic carbocycles. The lowest BCUT2D eigenvalue weighted by Crippen LogP contribution is -2.08. The van der Waals surface area contributed by atoms with E-state index in [0.717, 1.165) is 61.5 Å². The van der Waals surface area contributed by atoms with Crippen LogP contribution < -0.4 is 14.2 Å². The molecule has 44 heavy (non-hydrogen) atoms. The molecular formula is C36H38O8. The van der Waals surface area contributed by atoms with Crippen molar-refractivity contribution in [2.45, 2.75) is 51.0 Å². The largest absolute Gasteiger partial charge is 0.494 e. The number of carbonyl (C=O) groups is 3. The maximum Gasteiger partial charge on any atom is 0.343 e. The molecule has 0 aliphatic carbocycles. The Morgan fingerprint density at radius 3 is 1.86 bits per heavy atom. The summed E-state index contributed by atoms with van der Waals surface area (Å²) in [5.41, 5.74) is 2.98. The molecule has 3 aromatic rings. The summed E-state index contributed by atoms with van der Waals surface area (Å²) in [7, 11) is 0. The van der Waals surface area contributed by atoms with Crippen molar-refractivity contribution in [1.29, 1.82) is 0 Å². The smallest absolute Gasteiger partial charge is 0.343 e. The molecule has 1 heterocycles. The zero-order valence-corrected chi connectivity index (χ0v) is 24.8. The van der Waals surface area contributed by atoms with Gasteiger partial charge in [0, 0.05) is 18.1 Å². The predicted octanol–water partition coefficient (Wildman–Crippen LogP) is 7.27. The van der Waals surface area contributed by atoms with Gasteiger partial charge in [-0.1, -0.05) is 37.4 Å². The first-order valence-corrected chi connectivity index (χ1v) is 14.9. The van der Waals surface area contributed by atoms with Crippen LogP contribution in [-0.2, 0) is 19.1 Å². The Morgan fingerprint density at radius 2 is 1.30 bits per heavy atom. The fourth-order valence-electron chi connectivity index (χ4n) is 4.57. The molecule has 4 rings (SSSR count). The molecular weight excluding hydrogens is 560 g/mol. The van der Waals surface area contributed by atoms with Crippen LogP contribution in [0.15, 0.2) is 97.6 Å². The summed E-state index contributed by atoms with van der Waals surface area (Å²) in [6, 6.07) is 22.0. The summed E-state index contributed by atoms with van der Waals surface area (Å²) < 4.78 is 27.3. The molecule has 0 bridgehead atoms. The number of hydrogen-bond donors (Lipinski definition) is 0. The second-order valence-corrected chi connectivity index (χ2v) is 10.4. The monoisotopic (exact) mass is 598 g/mol. The van der Waals surface area contributed by atoms with Crippen molar-refractivity contribution >= 4 is 17.9 Å². The molecule has 8 nitrogen and oxygen atoms in total. The van der Waals surface area contributed by atoms with Gasteiger partial charge in [-0.2, -0.15) is 0 Å². The standard InChI is InChI=1S/C36H38O8/c1-3-34(37)42-24-7-4-6-22-40-30-16-10-27(11-17-30)28-12-20-32(21-13-28)43-36(39)29-14-18-31(19-15-29)41-23-8-5-9-33-25-26(2)35(38)44-33/h3,10-21,33H,1-2,4-9,22-25H2. The van der Waals surface area contributed by atoms with E-state index < -0.39 is 11.9 Å². The first-order chi connectivity index (χ1) is 21.4. The molecule has 1 saturated heterocycles. The van der Waals surface area contributed by atoms with E-state index in [1.807, 2.05) is 36.4 Å². The number of benzene rings is 3. The Morgan fingerprint density at radius 1 is 0.750 bits per heavy atom. The highest BCUT2D eigenvalue weighted by atomic mass is 16.6. The predicted molar refractivity (Wildman–Crippen MR) is 167 cm³/mol. The fourth-order valence-corrected chi connectivity index (χ4v) is 4.57. The van der Waals surface area contributed by atoms with Gasteiger partial charge in [0.15, 0.2) is 0 Å². The fraction of sp³-hybridized carbons (Fsp3) is 0.306. The van der Waals surface area contributed by atoms with Gasteiger partial charge in [0.2, 0.25) is 0 Å². The number of ether oxygens (including phenoxy) is 5. The Balaban J connectivity index is 1.14. The lowest BCUT2D eigenvalue weighted by atomic mass is 10.1. The summed E-state index contributed by atoms with van der Waals surface area (Å²) in [6.45, 7) is 8.58. The van der Waals surface area contributed by atoms with Crippen LogP contribution in [-0.4, -0.2) is 43.8 Å². The number of cyclic esters (lactones) is 1. The van der Waals surface area contributed by atoms with Crippen molar-refractivity contribution in [3.63, 3.8) is 0 Å². The normalized spacial score (nSPS) is 14.0. The van der Waals surface area contributed by atoms with Crippen LogP contribution >= 0.6 is 0 Å². The van der Waals surface area contributed by atoms with Gasteiger partial charge in [0.1, 0.15) is 23.4 Å². The van der Waals surface area contributed by atoms with Crippen LogP contribution in [0.2, 0.25) is 0 Å². The summed E-state index contributed by atoms with van der Waals surface area (Å²) in [5.74, 6) is 0.780. The van der Waals surface area contributed by atoms with Gasteiger partial charge in [-0.3, -0.25) is 0 Å². The lowest BCUT2D eigenvalue weighted by molar-refractivity contribution is -0.139. The van der Waals surface area contributed by atoms with Crippen LogP contribution in [0.5, 0.6) is 17.2 Å². The molecule has 1 atom stereocenters. The minimum atomic E-state index is -0.448. The molecule has 0 aromatic heterocycles. The Kier molecular flexibility index (Phi) is 12.2. The van der Waals surface area contributed by atoms with Crippen molar-refractivity contribution in [2.24, 2.45) is 0 Å². The molecule has 0 amide bonds. The van der Waals surface area contributed by atoms with E-state index in [9.17, 15) is 14.4 Å². The number of carbonyl (C=O) groups excluding carboxylic acids is 3. The third-order valence-corrected chi connectivity index (χ3v) is 7.04. The molecule has 0 radical (unpaired) electrons. The Labute approximate surface area is 258 Å². The molecule has 1 aliphatic rings. The zero-order valence-electron chi connectivity index (χ0n) is 24.8. The zero-order chi connectivity index (χ0) is 31.1. The number of esters is 3. The third-order valence-electron chi connectivity index (χ3n) is 7.04. The SMILES string of the molecule is C=CC(=O)OCCCCCOc1ccc(-c2ccc(OC(=O)c3ccc(OCCCCC4CC(=C)C(=O)O4)cc3)cc2)cc1. The van der Waals surface area contributed by atoms with Gasteiger partial charge in [0.25, 0.3) is 0 Å². The average Bonchev–Trinajstić information content (AvgIpc) is 3.37. The minimum absolute atomic E-state index is 0.0694. The first-order valence-electron chi connectivity index (χ1n) is 14.9. The molecule has 0 spiro atoms. The van der Waals surface area contributed by atoms with Gasteiger partial charge >= 0.3 is 17.9 Å². The summed E-state index contributed by atoms with van der Waals surface area (Å²) in [5, 5.41) is 0. The van der Waals surface area contributed by atoms with E-state index in [2.05, 4.69) is 13.2 Å². The van der Waals surface area contributed by atoms with E-state index in [1.54, 1.807) is 36.4 Å². The molecule has 8 heteroatoms. The van der Waals surface area contributed by atoms with Crippen molar-refractivity contribution in [1.82, 2.24) is 0 Å². The molecule has 1 aliphatic heterocycles. The van der Waals surface area contributed by atoms with Crippen molar-refractivity contribution in [3.05, 3.63) is 103 Å². The number of hydrogen-bond acceptors (Lipinski definition) is 8. The number of rotatable bonds is 17. The summed E-state index contributed by atoms with van der Waals surface area (Å²) in [6.07, 6.45) is 6.77. The highest BCUT2D eigenvalue weighted by Gasteiger charge is 2.26.